The van der Waals surface area contributed by atoms with Gasteiger partial charge in [0.2, 0.25) is 0 Å². The van der Waals surface area contributed by atoms with Gasteiger partial charge in [-0.05, 0) is 12.1 Å². The van der Waals surface area contributed by atoms with Crippen molar-refractivity contribution in [3.05, 3.63) is 36.2 Å². The zero-order chi connectivity index (χ0) is 9.10. The second-order valence-electron chi connectivity index (χ2n) is 2.62. The highest BCUT2D eigenvalue weighted by Gasteiger charge is 2.05. The summed E-state index contributed by atoms with van der Waals surface area (Å²) in [7, 11) is 0. The van der Waals surface area contributed by atoms with Crippen molar-refractivity contribution in [2.24, 2.45) is 0 Å². The minimum Gasteiger partial charge on any atom is -0.276 e. The Bertz CT molecular complexity index is 383. The van der Waals surface area contributed by atoms with Crippen molar-refractivity contribution in [1.82, 2.24) is 15.2 Å². The first-order chi connectivity index (χ1) is 6.42. The number of aromatic nitrogens is 3. The van der Waals surface area contributed by atoms with Crippen LogP contribution in [0.3, 0.4) is 0 Å². The van der Waals surface area contributed by atoms with Crippen molar-refractivity contribution in [2.45, 2.75) is 5.33 Å². The predicted molar refractivity (Wildman–Crippen MR) is 54.4 cm³/mol. The highest BCUT2D eigenvalue weighted by Crippen LogP contribution is 2.19. The molecule has 0 radical (unpaired) electrons. The van der Waals surface area contributed by atoms with Gasteiger partial charge < -0.3 is 0 Å². The smallest absolute Gasteiger partial charge is 0.0883 e. The van der Waals surface area contributed by atoms with E-state index in [4.69, 9.17) is 0 Å². The van der Waals surface area contributed by atoms with Crippen LogP contribution in [0.5, 0.6) is 0 Å². The third-order valence-electron chi connectivity index (χ3n) is 1.78. The molecule has 2 rings (SSSR count). The Labute approximate surface area is 84.3 Å². The van der Waals surface area contributed by atoms with E-state index in [9.17, 15) is 0 Å². The number of nitrogens with one attached hydrogen (secondary N) is 1. The van der Waals surface area contributed by atoms with Crippen LogP contribution in [0, 0.1) is 0 Å². The second kappa shape index (κ2) is 3.70. The largest absolute Gasteiger partial charge is 0.276 e. The van der Waals surface area contributed by atoms with Crippen LogP contribution in [0.25, 0.3) is 11.4 Å². The van der Waals surface area contributed by atoms with Crippen LogP contribution in [0.2, 0.25) is 0 Å². The number of aromatic amines is 1. The van der Waals surface area contributed by atoms with Gasteiger partial charge in [-0.15, -0.1) is 0 Å². The number of hydrogen-bond donors (Lipinski definition) is 1. The molecule has 0 unspecified atom stereocenters. The molecule has 0 aromatic carbocycles. The Morgan fingerprint density at radius 3 is 3.00 bits per heavy atom. The SMILES string of the molecule is BrCc1cn[nH]c1-c1ccccn1. The molecule has 4 heteroatoms. The second-order valence-corrected chi connectivity index (χ2v) is 3.18. The molecule has 66 valence electrons. The topological polar surface area (TPSA) is 41.6 Å². The Balaban J connectivity index is 2.47. The molecule has 2 aromatic rings. The van der Waals surface area contributed by atoms with E-state index in [1.165, 1.54) is 0 Å². The maximum absolute atomic E-state index is 4.24. The first kappa shape index (κ1) is 8.44. The summed E-state index contributed by atoms with van der Waals surface area (Å²) in [5.41, 5.74) is 3.03. The molecule has 0 aliphatic carbocycles. The molecule has 0 amide bonds. The van der Waals surface area contributed by atoms with Crippen molar-refractivity contribution >= 4 is 15.9 Å². The molecule has 2 aromatic heterocycles. The summed E-state index contributed by atoms with van der Waals surface area (Å²) < 4.78 is 0. The lowest BCUT2D eigenvalue weighted by Crippen LogP contribution is -1.85. The minimum atomic E-state index is 0.787. The molecule has 0 saturated carbocycles. The van der Waals surface area contributed by atoms with Gasteiger partial charge in [0.15, 0.2) is 0 Å². The van der Waals surface area contributed by atoms with Gasteiger partial charge in [0.1, 0.15) is 0 Å². The van der Waals surface area contributed by atoms with Crippen LogP contribution in [0.15, 0.2) is 30.6 Å². The van der Waals surface area contributed by atoms with Crippen LogP contribution >= 0.6 is 15.9 Å². The summed E-state index contributed by atoms with van der Waals surface area (Å²) >= 11 is 3.40. The van der Waals surface area contributed by atoms with Gasteiger partial charge in [-0.2, -0.15) is 5.10 Å². The van der Waals surface area contributed by atoms with E-state index in [0.717, 1.165) is 22.3 Å². The predicted octanol–water partition coefficient (Wildman–Crippen LogP) is 2.37. The van der Waals surface area contributed by atoms with E-state index in [2.05, 4.69) is 31.1 Å². The lowest BCUT2D eigenvalue weighted by molar-refractivity contribution is 1.09. The fourth-order valence-corrected chi connectivity index (χ4v) is 1.57. The number of pyridine rings is 1. The maximum atomic E-state index is 4.24. The molecule has 0 saturated heterocycles. The fraction of sp³-hybridized carbons (Fsp3) is 0.111. The normalized spacial score (nSPS) is 10.2. The van der Waals surface area contributed by atoms with Crippen molar-refractivity contribution in [3.8, 4) is 11.4 Å². The highest BCUT2D eigenvalue weighted by molar-refractivity contribution is 9.08. The average Bonchev–Trinajstić information content (AvgIpc) is 2.67. The van der Waals surface area contributed by atoms with Crippen molar-refractivity contribution in [2.75, 3.05) is 0 Å². The van der Waals surface area contributed by atoms with Crippen molar-refractivity contribution in [3.63, 3.8) is 0 Å². The summed E-state index contributed by atoms with van der Waals surface area (Å²) in [6.45, 7) is 0. The van der Waals surface area contributed by atoms with E-state index in [-0.39, 0.29) is 0 Å². The maximum Gasteiger partial charge on any atom is 0.0883 e. The summed E-state index contributed by atoms with van der Waals surface area (Å²) in [6, 6.07) is 5.81. The molecule has 3 nitrogen and oxygen atoms in total. The number of nitrogens with zero attached hydrogens (tertiary/aromatic N) is 2. The number of rotatable bonds is 2. The standard InChI is InChI=1S/C9H8BrN3/c10-5-7-6-12-13-9(7)8-3-1-2-4-11-8/h1-4,6H,5H2,(H,12,13). The number of alkyl halides is 1. The van der Waals surface area contributed by atoms with Gasteiger partial charge in [-0.25, -0.2) is 0 Å². The van der Waals surface area contributed by atoms with E-state index in [0.29, 0.717) is 0 Å². The van der Waals surface area contributed by atoms with Crippen LogP contribution in [0.4, 0.5) is 0 Å². The zero-order valence-electron chi connectivity index (χ0n) is 6.87. The lowest BCUT2D eigenvalue weighted by atomic mass is 10.2. The number of halogens is 1. The molecule has 1 N–H and O–H groups in total. The average molecular weight is 238 g/mol. The Morgan fingerprint density at radius 1 is 1.38 bits per heavy atom. The number of H-pyrrole nitrogens is 1. The molecular formula is C9H8BrN3. The highest BCUT2D eigenvalue weighted by atomic mass is 79.9. The van der Waals surface area contributed by atoms with E-state index in [1.807, 2.05) is 18.2 Å². The molecule has 0 bridgehead atoms. The molecule has 0 atom stereocenters. The van der Waals surface area contributed by atoms with Crippen LogP contribution in [-0.4, -0.2) is 15.2 Å². The first-order valence-electron chi connectivity index (χ1n) is 3.91. The molecule has 0 spiro atoms. The summed E-state index contributed by atoms with van der Waals surface area (Å²) in [5, 5.41) is 7.69. The summed E-state index contributed by atoms with van der Waals surface area (Å²) in [5.74, 6) is 0. The quantitative estimate of drug-likeness (QED) is 0.816. The number of hydrogen-bond acceptors (Lipinski definition) is 2. The molecular weight excluding hydrogens is 230 g/mol. The Morgan fingerprint density at radius 2 is 2.31 bits per heavy atom. The Kier molecular flexibility index (Phi) is 2.40. The van der Waals surface area contributed by atoms with Gasteiger partial charge >= 0.3 is 0 Å². The van der Waals surface area contributed by atoms with Crippen LogP contribution in [0.1, 0.15) is 5.56 Å². The molecule has 2 heterocycles. The van der Waals surface area contributed by atoms with E-state index in [1.54, 1.807) is 12.4 Å². The van der Waals surface area contributed by atoms with Gasteiger partial charge in [0.05, 0.1) is 17.6 Å². The third-order valence-corrected chi connectivity index (χ3v) is 2.39. The van der Waals surface area contributed by atoms with Crippen molar-refractivity contribution in [1.29, 1.82) is 0 Å². The van der Waals surface area contributed by atoms with E-state index < -0.39 is 0 Å². The lowest BCUT2D eigenvalue weighted by Gasteiger charge is -1.97. The summed E-state index contributed by atoms with van der Waals surface area (Å²) in [4.78, 5) is 4.24. The summed E-state index contributed by atoms with van der Waals surface area (Å²) in [6.07, 6.45) is 3.58. The molecule has 0 fully saturated rings. The Hall–Kier alpha value is -1.16. The van der Waals surface area contributed by atoms with Crippen molar-refractivity contribution < 1.29 is 0 Å². The minimum absolute atomic E-state index is 0.787. The van der Waals surface area contributed by atoms with Crippen LogP contribution in [-0.2, 0) is 5.33 Å². The van der Waals surface area contributed by atoms with Gasteiger partial charge in [0.25, 0.3) is 0 Å². The molecule has 13 heavy (non-hydrogen) atoms. The van der Waals surface area contributed by atoms with Gasteiger partial charge in [-0.1, -0.05) is 22.0 Å². The fourth-order valence-electron chi connectivity index (χ4n) is 1.14. The first-order valence-corrected chi connectivity index (χ1v) is 5.03. The van der Waals surface area contributed by atoms with E-state index >= 15 is 0 Å². The van der Waals surface area contributed by atoms with Gasteiger partial charge in [-0.3, -0.25) is 10.1 Å². The monoisotopic (exact) mass is 237 g/mol. The van der Waals surface area contributed by atoms with Gasteiger partial charge in [0, 0.05) is 17.1 Å². The van der Waals surface area contributed by atoms with Crippen LogP contribution < -0.4 is 0 Å². The molecule has 0 aliphatic heterocycles. The third kappa shape index (κ3) is 1.62. The zero-order valence-corrected chi connectivity index (χ0v) is 8.45. The molecule has 0 aliphatic rings.